The molecular weight excluding hydrogens is 228 g/mol. The molecule has 1 aromatic heterocycles. The zero-order chi connectivity index (χ0) is 13.1. The molecular formula is C14H16N2O2. The van der Waals surface area contributed by atoms with Crippen LogP contribution in [0.25, 0.3) is 11.3 Å². The summed E-state index contributed by atoms with van der Waals surface area (Å²) in [6, 6.07) is 7.94. The molecule has 1 unspecified atom stereocenters. The van der Waals surface area contributed by atoms with Gasteiger partial charge in [-0.3, -0.25) is 4.79 Å². The molecule has 1 N–H and O–H groups in total. The number of hydrogen-bond donors (Lipinski definition) is 1. The molecule has 4 heteroatoms. The van der Waals surface area contributed by atoms with Gasteiger partial charge in [0, 0.05) is 12.6 Å². The van der Waals surface area contributed by atoms with Gasteiger partial charge in [0.1, 0.15) is 0 Å². The van der Waals surface area contributed by atoms with Gasteiger partial charge in [-0.1, -0.05) is 25.1 Å². The molecule has 2 rings (SSSR count). The number of carboxylic acids is 1. The summed E-state index contributed by atoms with van der Waals surface area (Å²) >= 11 is 0. The van der Waals surface area contributed by atoms with E-state index in [1.165, 1.54) is 0 Å². The summed E-state index contributed by atoms with van der Waals surface area (Å²) in [6.07, 6.45) is 4.10. The first-order valence-electron chi connectivity index (χ1n) is 5.86. The Kier molecular flexibility index (Phi) is 3.46. The minimum atomic E-state index is -0.763. The molecule has 0 amide bonds. The highest BCUT2D eigenvalue weighted by Gasteiger charge is 2.12. The molecule has 2 aromatic rings. The topological polar surface area (TPSA) is 55.1 Å². The lowest BCUT2D eigenvalue weighted by molar-refractivity contribution is -0.141. The third-order valence-corrected chi connectivity index (χ3v) is 3.00. The van der Waals surface area contributed by atoms with Crippen molar-refractivity contribution in [2.75, 3.05) is 0 Å². The maximum atomic E-state index is 10.9. The Morgan fingerprint density at radius 1 is 1.50 bits per heavy atom. The van der Waals surface area contributed by atoms with Crippen LogP contribution in [0, 0.1) is 5.92 Å². The van der Waals surface area contributed by atoms with E-state index in [1.54, 1.807) is 19.4 Å². The van der Waals surface area contributed by atoms with Crippen molar-refractivity contribution in [1.82, 2.24) is 9.55 Å². The van der Waals surface area contributed by atoms with Crippen LogP contribution in [0.5, 0.6) is 0 Å². The lowest BCUT2D eigenvalue weighted by Gasteiger charge is -2.08. The average molecular weight is 244 g/mol. The molecule has 0 aliphatic rings. The second kappa shape index (κ2) is 5.04. The first kappa shape index (κ1) is 12.4. The lowest BCUT2D eigenvalue weighted by Crippen LogP contribution is -2.12. The molecule has 4 nitrogen and oxygen atoms in total. The Bertz CT molecular complexity index is 560. The highest BCUT2D eigenvalue weighted by atomic mass is 16.4. The van der Waals surface area contributed by atoms with Crippen LogP contribution in [-0.2, 0) is 18.3 Å². The highest BCUT2D eigenvalue weighted by Crippen LogP contribution is 2.20. The fourth-order valence-corrected chi connectivity index (χ4v) is 1.93. The van der Waals surface area contributed by atoms with Crippen molar-refractivity contribution < 1.29 is 9.90 Å². The maximum absolute atomic E-state index is 10.9. The van der Waals surface area contributed by atoms with Crippen molar-refractivity contribution in [2.24, 2.45) is 13.0 Å². The van der Waals surface area contributed by atoms with E-state index in [9.17, 15) is 4.79 Å². The molecule has 1 aromatic carbocycles. The SMILES string of the molecule is CC(Cc1cccc(-c2cncn2C)c1)C(=O)O. The van der Waals surface area contributed by atoms with Crippen molar-refractivity contribution in [3.8, 4) is 11.3 Å². The predicted octanol–water partition coefficient (Wildman–Crippen LogP) is 2.35. The van der Waals surface area contributed by atoms with Crippen LogP contribution < -0.4 is 0 Å². The molecule has 1 atom stereocenters. The van der Waals surface area contributed by atoms with Gasteiger partial charge in [0.15, 0.2) is 0 Å². The smallest absolute Gasteiger partial charge is 0.306 e. The van der Waals surface area contributed by atoms with Gasteiger partial charge in [-0.15, -0.1) is 0 Å². The number of carbonyl (C=O) groups is 1. The molecule has 0 fully saturated rings. The van der Waals surface area contributed by atoms with Gasteiger partial charge < -0.3 is 9.67 Å². The summed E-state index contributed by atoms with van der Waals surface area (Å²) < 4.78 is 1.94. The minimum Gasteiger partial charge on any atom is -0.481 e. The fraction of sp³-hybridized carbons (Fsp3) is 0.286. The van der Waals surface area contributed by atoms with Crippen molar-refractivity contribution in [1.29, 1.82) is 0 Å². The summed E-state index contributed by atoms with van der Waals surface area (Å²) in [5, 5.41) is 8.93. The van der Waals surface area contributed by atoms with E-state index in [-0.39, 0.29) is 5.92 Å². The number of hydrogen-bond acceptors (Lipinski definition) is 2. The number of aromatic nitrogens is 2. The van der Waals surface area contributed by atoms with Crippen LogP contribution in [0.2, 0.25) is 0 Å². The second-order valence-electron chi connectivity index (χ2n) is 4.53. The standard InChI is InChI=1S/C14H16N2O2/c1-10(14(17)18)6-11-4-3-5-12(7-11)13-8-15-9-16(13)2/h3-5,7-10H,6H2,1-2H3,(H,17,18). The van der Waals surface area contributed by atoms with E-state index in [1.807, 2.05) is 35.9 Å². The zero-order valence-corrected chi connectivity index (χ0v) is 10.5. The normalized spacial score (nSPS) is 12.3. The summed E-state index contributed by atoms with van der Waals surface area (Å²) in [6.45, 7) is 1.72. The van der Waals surface area contributed by atoms with E-state index >= 15 is 0 Å². The third-order valence-electron chi connectivity index (χ3n) is 3.00. The maximum Gasteiger partial charge on any atom is 0.306 e. The molecule has 1 heterocycles. The van der Waals surface area contributed by atoms with E-state index in [0.29, 0.717) is 6.42 Å². The fourth-order valence-electron chi connectivity index (χ4n) is 1.93. The number of aryl methyl sites for hydroxylation is 1. The van der Waals surface area contributed by atoms with Gasteiger partial charge in [0.2, 0.25) is 0 Å². The van der Waals surface area contributed by atoms with Gasteiger partial charge in [-0.2, -0.15) is 0 Å². The summed E-state index contributed by atoms with van der Waals surface area (Å²) in [5.41, 5.74) is 3.12. The molecule has 0 spiro atoms. The highest BCUT2D eigenvalue weighted by molar-refractivity contribution is 5.70. The van der Waals surface area contributed by atoms with Crippen LogP contribution >= 0.6 is 0 Å². The molecule has 0 radical (unpaired) electrons. The average Bonchev–Trinajstić information content (AvgIpc) is 2.75. The van der Waals surface area contributed by atoms with Crippen LogP contribution in [0.1, 0.15) is 12.5 Å². The van der Waals surface area contributed by atoms with E-state index in [0.717, 1.165) is 16.8 Å². The third kappa shape index (κ3) is 2.59. The monoisotopic (exact) mass is 244 g/mol. The molecule has 0 aliphatic carbocycles. The van der Waals surface area contributed by atoms with E-state index < -0.39 is 5.97 Å². The van der Waals surface area contributed by atoms with Crippen LogP contribution in [0.15, 0.2) is 36.8 Å². The second-order valence-corrected chi connectivity index (χ2v) is 4.53. The first-order chi connectivity index (χ1) is 8.58. The Hall–Kier alpha value is -2.10. The molecule has 94 valence electrons. The minimum absolute atomic E-state index is 0.369. The van der Waals surface area contributed by atoms with Gasteiger partial charge in [0.25, 0.3) is 0 Å². The molecule has 0 bridgehead atoms. The Morgan fingerprint density at radius 3 is 2.89 bits per heavy atom. The zero-order valence-electron chi connectivity index (χ0n) is 10.5. The van der Waals surface area contributed by atoms with Crippen molar-refractivity contribution in [3.05, 3.63) is 42.4 Å². The van der Waals surface area contributed by atoms with Crippen molar-refractivity contribution in [2.45, 2.75) is 13.3 Å². The van der Waals surface area contributed by atoms with Crippen LogP contribution in [0.3, 0.4) is 0 Å². The van der Waals surface area contributed by atoms with Crippen LogP contribution in [-0.4, -0.2) is 20.6 Å². The first-order valence-corrected chi connectivity index (χ1v) is 5.86. The van der Waals surface area contributed by atoms with E-state index in [2.05, 4.69) is 4.98 Å². The summed E-state index contributed by atoms with van der Waals surface area (Å²) in [5.74, 6) is -1.13. The predicted molar refractivity (Wildman–Crippen MR) is 69.1 cm³/mol. The Labute approximate surface area is 106 Å². The number of benzene rings is 1. The van der Waals surface area contributed by atoms with Crippen molar-refractivity contribution >= 4 is 5.97 Å². The number of aliphatic carboxylic acids is 1. The van der Waals surface area contributed by atoms with Gasteiger partial charge in [0.05, 0.1) is 24.1 Å². The molecule has 0 aliphatic heterocycles. The lowest BCUT2D eigenvalue weighted by atomic mass is 9.99. The molecule has 18 heavy (non-hydrogen) atoms. The Balaban J connectivity index is 2.26. The van der Waals surface area contributed by atoms with Crippen molar-refractivity contribution in [3.63, 3.8) is 0 Å². The van der Waals surface area contributed by atoms with Gasteiger partial charge >= 0.3 is 5.97 Å². The Morgan fingerprint density at radius 2 is 2.28 bits per heavy atom. The van der Waals surface area contributed by atoms with Gasteiger partial charge in [-0.05, 0) is 18.1 Å². The number of imidazole rings is 1. The quantitative estimate of drug-likeness (QED) is 0.898. The van der Waals surface area contributed by atoms with E-state index in [4.69, 9.17) is 5.11 Å². The molecule has 0 saturated carbocycles. The number of nitrogens with zero attached hydrogens (tertiary/aromatic N) is 2. The number of carboxylic acid groups (broad SMARTS) is 1. The number of rotatable bonds is 4. The largest absolute Gasteiger partial charge is 0.481 e. The summed E-state index contributed by atoms with van der Waals surface area (Å²) in [7, 11) is 1.94. The van der Waals surface area contributed by atoms with Gasteiger partial charge in [-0.25, -0.2) is 4.98 Å². The van der Waals surface area contributed by atoms with Crippen LogP contribution in [0.4, 0.5) is 0 Å². The summed E-state index contributed by atoms with van der Waals surface area (Å²) in [4.78, 5) is 14.9. The molecule has 0 saturated heterocycles.